The minimum absolute atomic E-state index is 0.00171. The molecule has 12 heteroatoms. The fraction of sp³-hybridized carbons (Fsp3) is 0.346. The highest BCUT2D eigenvalue weighted by Gasteiger charge is 2.27. The normalized spacial score (nSPS) is 10.7. The number of nitrogens with one attached hydrogen (secondary N) is 1. The Morgan fingerprint density at radius 1 is 1.21 bits per heavy atom. The van der Waals surface area contributed by atoms with E-state index in [0.717, 1.165) is 28.2 Å². The van der Waals surface area contributed by atoms with Crippen molar-refractivity contribution in [1.29, 1.82) is 0 Å². The molecule has 0 aliphatic heterocycles. The Balaban J connectivity index is 1.73. The van der Waals surface area contributed by atoms with E-state index in [4.69, 9.17) is 9.47 Å². The number of esters is 1. The van der Waals surface area contributed by atoms with E-state index in [1.165, 1.54) is 23.8 Å². The topological polar surface area (TPSA) is 116 Å². The summed E-state index contributed by atoms with van der Waals surface area (Å²) in [5.74, 6) is 0.103. The number of nitrogens with zero attached hydrogens (tertiary/aromatic N) is 4. The van der Waals surface area contributed by atoms with Crippen LogP contribution in [0.4, 0.5) is 5.00 Å². The van der Waals surface area contributed by atoms with Crippen molar-refractivity contribution >= 4 is 45.9 Å². The van der Waals surface area contributed by atoms with Gasteiger partial charge in [0.2, 0.25) is 5.91 Å². The van der Waals surface area contributed by atoms with E-state index in [-0.39, 0.29) is 34.7 Å². The van der Waals surface area contributed by atoms with Crippen LogP contribution in [0, 0.1) is 20.8 Å². The number of rotatable bonds is 11. The molecule has 0 atom stereocenters. The van der Waals surface area contributed by atoms with Crippen LogP contribution in [0.2, 0.25) is 0 Å². The molecule has 0 bridgehead atoms. The molecule has 0 saturated carbocycles. The number of thiophene rings is 1. The summed E-state index contributed by atoms with van der Waals surface area (Å²) in [5, 5.41) is 12.0. The van der Waals surface area contributed by atoms with Gasteiger partial charge in [-0.15, -0.1) is 28.1 Å². The number of aromatic nitrogens is 3. The van der Waals surface area contributed by atoms with Gasteiger partial charge in [0.15, 0.2) is 11.0 Å². The van der Waals surface area contributed by atoms with Crippen molar-refractivity contribution in [3.8, 4) is 5.75 Å². The lowest BCUT2D eigenvalue weighted by atomic mass is 10.1. The first-order chi connectivity index (χ1) is 18.1. The molecule has 1 aromatic carbocycles. The number of ether oxygens (including phenoxy) is 2. The van der Waals surface area contributed by atoms with Crippen molar-refractivity contribution in [3.63, 3.8) is 0 Å². The predicted molar refractivity (Wildman–Crippen MR) is 148 cm³/mol. The first-order valence-electron chi connectivity index (χ1n) is 11.7. The monoisotopic (exact) mass is 557 g/mol. The average Bonchev–Trinajstić information content (AvgIpc) is 3.41. The van der Waals surface area contributed by atoms with E-state index in [1.54, 1.807) is 27.1 Å². The van der Waals surface area contributed by atoms with Crippen molar-refractivity contribution < 1.29 is 23.9 Å². The molecule has 10 nitrogen and oxygen atoms in total. The van der Waals surface area contributed by atoms with Crippen LogP contribution in [0.25, 0.3) is 0 Å². The molecule has 0 saturated heterocycles. The molecule has 2 amide bonds. The summed E-state index contributed by atoms with van der Waals surface area (Å²) in [5.41, 5.74) is 2.81. The van der Waals surface area contributed by atoms with Gasteiger partial charge in [-0.3, -0.25) is 14.2 Å². The van der Waals surface area contributed by atoms with Crippen LogP contribution in [0.5, 0.6) is 5.75 Å². The maximum atomic E-state index is 12.8. The molecule has 0 radical (unpaired) electrons. The van der Waals surface area contributed by atoms with Crippen molar-refractivity contribution in [2.24, 2.45) is 0 Å². The lowest BCUT2D eigenvalue weighted by Crippen LogP contribution is -2.21. The van der Waals surface area contributed by atoms with Gasteiger partial charge in [0.05, 0.1) is 23.3 Å². The van der Waals surface area contributed by atoms with Gasteiger partial charge in [-0.05, 0) is 38.0 Å². The number of aryl methyl sites for hydroxylation is 2. The predicted octanol–water partition coefficient (Wildman–Crippen LogP) is 4.25. The van der Waals surface area contributed by atoms with Gasteiger partial charge in [0.25, 0.3) is 5.91 Å². The Morgan fingerprint density at radius 3 is 2.58 bits per heavy atom. The molecule has 0 fully saturated rings. The number of amides is 2. The average molecular weight is 558 g/mol. The Kier molecular flexibility index (Phi) is 9.70. The Morgan fingerprint density at radius 2 is 1.95 bits per heavy atom. The fourth-order valence-corrected chi connectivity index (χ4v) is 5.60. The molecule has 38 heavy (non-hydrogen) atoms. The molecule has 202 valence electrons. The second kappa shape index (κ2) is 12.7. The third-order valence-electron chi connectivity index (χ3n) is 5.51. The zero-order valence-corrected chi connectivity index (χ0v) is 23.9. The zero-order chi connectivity index (χ0) is 28.0. The largest absolute Gasteiger partial charge is 0.485 e. The molecule has 2 aromatic heterocycles. The van der Waals surface area contributed by atoms with E-state index in [0.29, 0.717) is 28.0 Å². The highest BCUT2D eigenvalue weighted by molar-refractivity contribution is 7.99. The number of hydrogen-bond acceptors (Lipinski definition) is 9. The van der Waals surface area contributed by atoms with E-state index in [2.05, 4.69) is 22.1 Å². The molecular formula is C26H31N5O5S2. The molecular weight excluding hydrogens is 526 g/mol. The number of hydrogen-bond donors (Lipinski definition) is 1. The number of carbonyl (C=O) groups is 3. The number of thioether (sulfide) groups is 1. The summed E-state index contributed by atoms with van der Waals surface area (Å²) in [6.07, 6.45) is 1.72. The molecule has 0 unspecified atom stereocenters. The maximum Gasteiger partial charge on any atom is 0.341 e. The molecule has 1 N–H and O–H groups in total. The van der Waals surface area contributed by atoms with Crippen LogP contribution in [0.1, 0.15) is 42.5 Å². The van der Waals surface area contributed by atoms with Crippen molar-refractivity contribution in [1.82, 2.24) is 19.7 Å². The van der Waals surface area contributed by atoms with Gasteiger partial charge >= 0.3 is 5.97 Å². The van der Waals surface area contributed by atoms with Gasteiger partial charge < -0.3 is 19.7 Å². The molecule has 0 aliphatic rings. The van der Waals surface area contributed by atoms with Crippen LogP contribution in [-0.2, 0) is 22.7 Å². The minimum atomic E-state index is -0.626. The molecule has 0 spiro atoms. The third-order valence-corrected chi connectivity index (χ3v) is 7.68. The van der Waals surface area contributed by atoms with Crippen molar-refractivity contribution in [2.45, 2.75) is 39.1 Å². The maximum absolute atomic E-state index is 12.8. The summed E-state index contributed by atoms with van der Waals surface area (Å²) in [6, 6.07) is 5.95. The molecule has 2 heterocycles. The highest BCUT2D eigenvalue weighted by atomic mass is 32.2. The summed E-state index contributed by atoms with van der Waals surface area (Å²) >= 11 is 2.23. The zero-order valence-electron chi connectivity index (χ0n) is 22.3. The Bertz CT molecular complexity index is 1360. The number of methoxy groups -OCH3 is 1. The third kappa shape index (κ3) is 6.62. The smallest absolute Gasteiger partial charge is 0.341 e. The first-order valence-corrected chi connectivity index (χ1v) is 13.5. The summed E-state index contributed by atoms with van der Waals surface area (Å²) in [7, 11) is 4.49. The number of allylic oxidation sites excluding steroid dienone is 1. The summed E-state index contributed by atoms with van der Waals surface area (Å²) in [4.78, 5) is 39.6. The standard InChI is InChI=1S/C26H31N5O5S2/c1-8-11-31-19(13-36-18-10-9-15(2)12-16(18)3)28-29-26(31)37-14-20(32)27-23-21(25(34)35-7)17(4)22(38-23)24(33)30(5)6/h8-10,12H,1,11,13-14H2,2-7H3,(H,27,32). The van der Waals surface area contributed by atoms with Gasteiger partial charge in [-0.25, -0.2) is 4.79 Å². The number of carbonyl (C=O) groups excluding carboxylic acids is 3. The first kappa shape index (κ1) is 28.9. The lowest BCUT2D eigenvalue weighted by Gasteiger charge is -2.11. The van der Waals surface area contributed by atoms with Crippen LogP contribution in [-0.4, -0.2) is 64.4 Å². The lowest BCUT2D eigenvalue weighted by molar-refractivity contribution is -0.113. The Labute approximate surface area is 230 Å². The molecule has 3 aromatic rings. The van der Waals surface area contributed by atoms with Crippen LogP contribution < -0.4 is 10.1 Å². The van der Waals surface area contributed by atoms with Gasteiger partial charge in [-0.2, -0.15) is 0 Å². The Hall–Kier alpha value is -3.64. The van der Waals surface area contributed by atoms with Gasteiger partial charge in [0.1, 0.15) is 17.4 Å². The SMILES string of the molecule is C=CCn1c(COc2ccc(C)cc2C)nnc1SCC(=O)Nc1sc(C(=O)N(C)C)c(C)c1C(=O)OC. The highest BCUT2D eigenvalue weighted by Crippen LogP contribution is 2.34. The summed E-state index contributed by atoms with van der Waals surface area (Å²) < 4.78 is 12.7. The van der Waals surface area contributed by atoms with E-state index in [1.807, 2.05) is 36.6 Å². The molecule has 0 aliphatic carbocycles. The summed E-state index contributed by atoms with van der Waals surface area (Å²) in [6.45, 7) is 10.1. The van der Waals surface area contributed by atoms with Crippen molar-refractivity contribution in [3.05, 3.63) is 63.8 Å². The number of benzene rings is 1. The fourth-order valence-electron chi connectivity index (χ4n) is 3.60. The van der Waals surface area contributed by atoms with E-state index in [9.17, 15) is 14.4 Å². The van der Waals surface area contributed by atoms with E-state index >= 15 is 0 Å². The van der Waals surface area contributed by atoms with E-state index < -0.39 is 5.97 Å². The minimum Gasteiger partial charge on any atom is -0.485 e. The quantitative estimate of drug-likeness (QED) is 0.211. The second-order valence-corrected chi connectivity index (χ2v) is 10.6. The van der Waals surface area contributed by atoms with Gasteiger partial charge in [0, 0.05) is 20.6 Å². The van der Waals surface area contributed by atoms with Crippen LogP contribution >= 0.6 is 23.1 Å². The van der Waals surface area contributed by atoms with Crippen LogP contribution in [0.3, 0.4) is 0 Å². The second-order valence-electron chi connectivity index (χ2n) is 8.64. The van der Waals surface area contributed by atoms with Crippen LogP contribution in [0.15, 0.2) is 36.0 Å². The number of anilines is 1. The molecule has 3 rings (SSSR count). The van der Waals surface area contributed by atoms with Crippen molar-refractivity contribution in [2.75, 3.05) is 32.3 Å². The van der Waals surface area contributed by atoms with Gasteiger partial charge in [-0.1, -0.05) is 35.5 Å².